The Balaban J connectivity index is 2.42. The fourth-order valence-corrected chi connectivity index (χ4v) is 1.55. The van der Waals surface area contributed by atoms with Crippen molar-refractivity contribution in [3.8, 4) is 5.75 Å². The molecule has 2 rings (SSSR count). The Morgan fingerprint density at radius 3 is 2.60 bits per heavy atom. The number of hydrogen-bond acceptors (Lipinski definition) is 2. The molecule has 0 fully saturated rings. The summed E-state index contributed by atoms with van der Waals surface area (Å²) < 4.78 is 5.77. The first-order valence-electron chi connectivity index (χ1n) is 5.13. The predicted octanol–water partition coefficient (Wildman–Crippen LogP) is 2.78. The maximum atomic E-state index is 5.77. The smallest absolute Gasteiger partial charge is 0.147 e. The first-order chi connectivity index (χ1) is 7.31. The van der Waals surface area contributed by atoms with Gasteiger partial charge in [-0.05, 0) is 25.4 Å². The fourth-order valence-electron chi connectivity index (χ4n) is 1.55. The average molecular weight is 201 g/mol. The quantitative estimate of drug-likeness (QED) is 0.771. The number of benzene rings is 2. The second-order valence-electron chi connectivity index (χ2n) is 3.53. The summed E-state index contributed by atoms with van der Waals surface area (Å²) in [4.78, 5) is 0. The van der Waals surface area contributed by atoms with Crippen molar-refractivity contribution in [1.29, 1.82) is 0 Å². The second kappa shape index (κ2) is 4.32. The molecule has 1 N–H and O–H groups in total. The summed E-state index contributed by atoms with van der Waals surface area (Å²) in [5.74, 6) is 0.926. The molecule has 0 aliphatic heterocycles. The number of ether oxygens (including phenoxy) is 1. The van der Waals surface area contributed by atoms with Gasteiger partial charge in [0.2, 0.25) is 0 Å². The third-order valence-corrected chi connectivity index (χ3v) is 2.46. The van der Waals surface area contributed by atoms with Crippen LogP contribution < -0.4 is 10.1 Å². The highest BCUT2D eigenvalue weighted by molar-refractivity contribution is 5.88. The number of nitrogens with one attached hydrogen (secondary N) is 1. The lowest BCUT2D eigenvalue weighted by Gasteiger charge is -2.15. The molecular formula is C13H15NO. The molecule has 1 unspecified atom stereocenters. The number of fused-ring (bicyclic) bond motifs is 1. The molecule has 78 valence electrons. The van der Waals surface area contributed by atoms with Crippen LogP contribution in [0, 0.1) is 0 Å². The third-order valence-electron chi connectivity index (χ3n) is 2.46. The lowest BCUT2D eigenvalue weighted by atomic mass is 10.1. The van der Waals surface area contributed by atoms with Crippen LogP contribution in [0.5, 0.6) is 5.75 Å². The summed E-state index contributed by atoms with van der Waals surface area (Å²) in [6.07, 6.45) is 0.0239. The molecule has 0 aliphatic carbocycles. The Labute approximate surface area is 89.9 Å². The lowest BCUT2D eigenvalue weighted by Crippen LogP contribution is -2.27. The molecular weight excluding hydrogens is 186 g/mol. The molecule has 0 heterocycles. The zero-order valence-corrected chi connectivity index (χ0v) is 9.03. The van der Waals surface area contributed by atoms with E-state index in [9.17, 15) is 0 Å². The van der Waals surface area contributed by atoms with Gasteiger partial charge in [0.1, 0.15) is 12.0 Å². The van der Waals surface area contributed by atoms with Gasteiger partial charge in [-0.2, -0.15) is 0 Å². The van der Waals surface area contributed by atoms with E-state index >= 15 is 0 Å². The third kappa shape index (κ3) is 2.10. The van der Waals surface area contributed by atoms with Crippen LogP contribution in [0.3, 0.4) is 0 Å². The first-order valence-corrected chi connectivity index (χ1v) is 5.13. The Hall–Kier alpha value is -1.54. The van der Waals surface area contributed by atoms with E-state index in [-0.39, 0.29) is 6.23 Å². The zero-order chi connectivity index (χ0) is 10.7. The first kappa shape index (κ1) is 9.99. The molecule has 0 radical (unpaired) electrons. The molecule has 15 heavy (non-hydrogen) atoms. The Morgan fingerprint density at radius 1 is 1.07 bits per heavy atom. The second-order valence-corrected chi connectivity index (χ2v) is 3.53. The number of rotatable bonds is 3. The SMILES string of the molecule is CNC(C)Oc1cccc2ccccc12. The van der Waals surface area contributed by atoms with Crippen LogP contribution in [0.2, 0.25) is 0 Å². The van der Waals surface area contributed by atoms with Crippen molar-refractivity contribution < 1.29 is 4.74 Å². The van der Waals surface area contributed by atoms with Crippen LogP contribution in [0.1, 0.15) is 6.92 Å². The van der Waals surface area contributed by atoms with Gasteiger partial charge in [0, 0.05) is 5.39 Å². The summed E-state index contributed by atoms with van der Waals surface area (Å²) in [5.41, 5.74) is 0. The van der Waals surface area contributed by atoms with Gasteiger partial charge >= 0.3 is 0 Å². The minimum atomic E-state index is 0.0239. The maximum Gasteiger partial charge on any atom is 0.147 e. The molecule has 0 bridgehead atoms. The molecule has 0 amide bonds. The Bertz CT molecular complexity index is 448. The van der Waals surface area contributed by atoms with Crippen molar-refractivity contribution in [2.24, 2.45) is 0 Å². The summed E-state index contributed by atoms with van der Waals surface area (Å²) in [6.45, 7) is 1.99. The fraction of sp³-hybridized carbons (Fsp3) is 0.231. The van der Waals surface area contributed by atoms with E-state index in [2.05, 4.69) is 23.5 Å². The zero-order valence-electron chi connectivity index (χ0n) is 9.03. The summed E-state index contributed by atoms with van der Waals surface area (Å²) >= 11 is 0. The average Bonchev–Trinajstić information content (AvgIpc) is 2.29. The van der Waals surface area contributed by atoms with Gasteiger partial charge in [0.25, 0.3) is 0 Å². The summed E-state index contributed by atoms with van der Waals surface area (Å²) in [5, 5.41) is 5.42. The van der Waals surface area contributed by atoms with E-state index in [0.717, 1.165) is 11.1 Å². The maximum absolute atomic E-state index is 5.77. The van der Waals surface area contributed by atoms with E-state index in [1.54, 1.807) is 0 Å². The van der Waals surface area contributed by atoms with Crippen LogP contribution in [-0.2, 0) is 0 Å². The van der Waals surface area contributed by atoms with Crippen LogP contribution in [-0.4, -0.2) is 13.3 Å². The molecule has 2 aromatic rings. The lowest BCUT2D eigenvalue weighted by molar-refractivity contribution is 0.196. The van der Waals surface area contributed by atoms with Gasteiger partial charge in [0.05, 0.1) is 0 Å². The molecule has 0 saturated heterocycles. The monoisotopic (exact) mass is 201 g/mol. The van der Waals surface area contributed by atoms with E-state index in [1.807, 2.05) is 38.2 Å². The van der Waals surface area contributed by atoms with Gasteiger partial charge in [-0.15, -0.1) is 0 Å². The predicted molar refractivity (Wildman–Crippen MR) is 63.1 cm³/mol. The van der Waals surface area contributed by atoms with E-state index in [1.165, 1.54) is 5.39 Å². The van der Waals surface area contributed by atoms with Crippen LogP contribution in [0.25, 0.3) is 10.8 Å². The minimum absolute atomic E-state index is 0.0239. The van der Waals surface area contributed by atoms with Crippen molar-refractivity contribution in [3.63, 3.8) is 0 Å². The number of hydrogen-bond donors (Lipinski definition) is 1. The van der Waals surface area contributed by atoms with Crippen molar-refractivity contribution in [3.05, 3.63) is 42.5 Å². The van der Waals surface area contributed by atoms with Crippen LogP contribution in [0.15, 0.2) is 42.5 Å². The topological polar surface area (TPSA) is 21.3 Å². The highest BCUT2D eigenvalue weighted by Crippen LogP contribution is 2.25. The van der Waals surface area contributed by atoms with Crippen molar-refractivity contribution in [2.45, 2.75) is 13.2 Å². The van der Waals surface area contributed by atoms with Crippen molar-refractivity contribution in [2.75, 3.05) is 7.05 Å². The van der Waals surface area contributed by atoms with Gasteiger partial charge in [-0.1, -0.05) is 36.4 Å². The standard InChI is InChI=1S/C13H15NO/c1-10(14-2)15-13-9-5-7-11-6-3-4-8-12(11)13/h3-10,14H,1-2H3. The van der Waals surface area contributed by atoms with E-state index in [0.29, 0.717) is 0 Å². The Kier molecular flexibility index (Phi) is 2.88. The van der Waals surface area contributed by atoms with Crippen molar-refractivity contribution in [1.82, 2.24) is 5.32 Å². The Morgan fingerprint density at radius 2 is 1.80 bits per heavy atom. The molecule has 2 nitrogen and oxygen atoms in total. The molecule has 0 aromatic heterocycles. The van der Waals surface area contributed by atoms with Gasteiger partial charge < -0.3 is 4.74 Å². The molecule has 2 aromatic carbocycles. The van der Waals surface area contributed by atoms with Gasteiger partial charge in [-0.3, -0.25) is 5.32 Å². The molecule has 0 saturated carbocycles. The summed E-state index contributed by atoms with van der Waals surface area (Å²) in [7, 11) is 1.88. The highest BCUT2D eigenvalue weighted by Gasteiger charge is 2.03. The van der Waals surface area contributed by atoms with E-state index < -0.39 is 0 Å². The normalized spacial score (nSPS) is 12.7. The van der Waals surface area contributed by atoms with Crippen LogP contribution in [0.4, 0.5) is 0 Å². The van der Waals surface area contributed by atoms with Crippen molar-refractivity contribution >= 4 is 10.8 Å². The largest absolute Gasteiger partial charge is 0.475 e. The summed E-state index contributed by atoms with van der Waals surface area (Å²) in [6, 6.07) is 14.3. The van der Waals surface area contributed by atoms with E-state index in [4.69, 9.17) is 4.74 Å². The minimum Gasteiger partial charge on any atom is -0.475 e. The molecule has 2 heteroatoms. The highest BCUT2D eigenvalue weighted by atomic mass is 16.5. The molecule has 1 atom stereocenters. The molecule has 0 spiro atoms. The molecule has 0 aliphatic rings. The van der Waals surface area contributed by atoms with Crippen LogP contribution >= 0.6 is 0 Å². The van der Waals surface area contributed by atoms with Gasteiger partial charge in [0.15, 0.2) is 0 Å². The van der Waals surface area contributed by atoms with Gasteiger partial charge in [-0.25, -0.2) is 0 Å².